The van der Waals surface area contributed by atoms with Crippen LogP contribution in [0.1, 0.15) is 0 Å². The van der Waals surface area contributed by atoms with Gasteiger partial charge in [-0.25, -0.2) is 0 Å². The summed E-state index contributed by atoms with van der Waals surface area (Å²) in [6.45, 7) is 0. The average Bonchev–Trinajstić information content (AvgIpc) is 3.45. The van der Waals surface area contributed by atoms with Crippen LogP contribution in [0.4, 0.5) is 17.1 Å². The third-order valence-electron chi connectivity index (χ3n) is 7.91. The summed E-state index contributed by atoms with van der Waals surface area (Å²) >= 11 is 0. The number of para-hydroxylation sites is 2. The molecule has 8 aromatic rings. The first-order valence-electron chi connectivity index (χ1n) is 14.1. The minimum Gasteiger partial charge on any atom is -0.456 e. The number of nitrogens with zero attached hydrogens (tertiary/aromatic N) is 2. The van der Waals surface area contributed by atoms with Gasteiger partial charge < -0.3 is 9.32 Å². The summed E-state index contributed by atoms with van der Waals surface area (Å²) in [5.74, 6) is 0. The van der Waals surface area contributed by atoms with E-state index in [2.05, 4.69) is 143 Å². The predicted octanol–water partition coefficient (Wildman–Crippen LogP) is 10.9. The van der Waals surface area contributed by atoms with Gasteiger partial charge in [-0.1, -0.05) is 97.1 Å². The molecule has 0 bridgehead atoms. The Kier molecular flexibility index (Phi) is 5.79. The molecule has 0 unspecified atom stereocenters. The maximum absolute atomic E-state index is 6.43. The molecule has 198 valence electrons. The van der Waals surface area contributed by atoms with Crippen LogP contribution in [0.2, 0.25) is 0 Å². The molecule has 0 saturated heterocycles. The van der Waals surface area contributed by atoms with Gasteiger partial charge in [-0.2, -0.15) is 0 Å². The zero-order chi connectivity index (χ0) is 27.9. The maximum atomic E-state index is 6.43. The lowest BCUT2D eigenvalue weighted by molar-refractivity contribution is 0.669. The van der Waals surface area contributed by atoms with Crippen LogP contribution in [-0.2, 0) is 0 Å². The first-order valence-corrected chi connectivity index (χ1v) is 14.1. The number of benzene rings is 6. The van der Waals surface area contributed by atoms with Crippen LogP contribution >= 0.6 is 0 Å². The van der Waals surface area contributed by atoms with Crippen LogP contribution in [0.25, 0.3) is 55.1 Å². The van der Waals surface area contributed by atoms with Gasteiger partial charge >= 0.3 is 0 Å². The van der Waals surface area contributed by atoms with E-state index in [1.165, 1.54) is 11.1 Å². The molecule has 8 rings (SSSR count). The summed E-state index contributed by atoms with van der Waals surface area (Å²) in [5, 5.41) is 3.23. The van der Waals surface area contributed by atoms with E-state index >= 15 is 0 Å². The van der Waals surface area contributed by atoms with Crippen LogP contribution in [-0.4, -0.2) is 4.98 Å². The normalized spacial score (nSPS) is 11.3. The van der Waals surface area contributed by atoms with Gasteiger partial charge in [0.05, 0.1) is 16.6 Å². The quantitative estimate of drug-likeness (QED) is 0.218. The summed E-state index contributed by atoms with van der Waals surface area (Å²) in [6, 6.07) is 53.1. The number of pyridine rings is 1. The van der Waals surface area contributed by atoms with Gasteiger partial charge in [-0.3, -0.25) is 4.98 Å². The Morgan fingerprint density at radius 1 is 0.500 bits per heavy atom. The van der Waals surface area contributed by atoms with Gasteiger partial charge in [0.25, 0.3) is 0 Å². The van der Waals surface area contributed by atoms with E-state index in [0.29, 0.717) is 0 Å². The van der Waals surface area contributed by atoms with Crippen molar-refractivity contribution in [3.63, 3.8) is 0 Å². The molecule has 2 aromatic heterocycles. The van der Waals surface area contributed by atoms with Crippen molar-refractivity contribution < 1.29 is 4.42 Å². The second-order valence-electron chi connectivity index (χ2n) is 10.4. The molecule has 2 heterocycles. The fourth-order valence-corrected chi connectivity index (χ4v) is 5.92. The monoisotopic (exact) mass is 538 g/mol. The molecule has 42 heavy (non-hydrogen) atoms. The van der Waals surface area contributed by atoms with Gasteiger partial charge in [0.1, 0.15) is 11.2 Å². The fraction of sp³-hybridized carbons (Fsp3) is 0. The largest absolute Gasteiger partial charge is 0.456 e. The van der Waals surface area contributed by atoms with Gasteiger partial charge in [0, 0.05) is 40.0 Å². The summed E-state index contributed by atoms with van der Waals surface area (Å²) in [6.07, 6.45) is 1.84. The smallest absolute Gasteiger partial charge is 0.137 e. The summed E-state index contributed by atoms with van der Waals surface area (Å²) in [4.78, 5) is 6.99. The van der Waals surface area contributed by atoms with Crippen LogP contribution in [0, 0.1) is 0 Å². The third kappa shape index (κ3) is 4.11. The van der Waals surface area contributed by atoms with E-state index in [1.807, 2.05) is 24.4 Å². The highest BCUT2D eigenvalue weighted by Crippen LogP contribution is 2.43. The number of aromatic nitrogens is 1. The van der Waals surface area contributed by atoms with Crippen molar-refractivity contribution >= 4 is 49.9 Å². The summed E-state index contributed by atoms with van der Waals surface area (Å²) in [5.41, 5.74) is 10.6. The molecule has 0 spiro atoms. The molecular formula is C39H26N2O. The molecule has 3 nitrogen and oxygen atoms in total. The van der Waals surface area contributed by atoms with E-state index in [0.717, 1.165) is 61.0 Å². The molecule has 0 fully saturated rings. The number of hydrogen-bond donors (Lipinski definition) is 0. The maximum Gasteiger partial charge on any atom is 0.137 e. The Bertz CT molecular complexity index is 2180. The number of fused-ring (bicyclic) bond motifs is 5. The predicted molar refractivity (Wildman–Crippen MR) is 175 cm³/mol. The van der Waals surface area contributed by atoms with Crippen molar-refractivity contribution in [2.45, 2.75) is 0 Å². The number of hydrogen-bond acceptors (Lipinski definition) is 3. The van der Waals surface area contributed by atoms with E-state index in [4.69, 9.17) is 4.42 Å². The minimum atomic E-state index is 0.839. The standard InChI is InChI=1S/C39H26N2O/c1-3-10-27(11-4-1)28-17-19-29(20-18-28)33-15-7-8-16-35(33)41(31-13-5-2-6-14-31)32-22-23-34-37(26-32)42-36-24-21-30-12-9-25-40-39(30)38(34)36/h1-26H. The third-order valence-corrected chi connectivity index (χ3v) is 7.91. The molecule has 0 radical (unpaired) electrons. The number of anilines is 3. The first kappa shape index (κ1) is 24.2. The van der Waals surface area contributed by atoms with Crippen molar-refractivity contribution in [3.8, 4) is 22.3 Å². The Morgan fingerprint density at radius 2 is 1.21 bits per heavy atom. The Balaban J connectivity index is 1.29. The lowest BCUT2D eigenvalue weighted by Gasteiger charge is -2.27. The minimum absolute atomic E-state index is 0.839. The second kappa shape index (κ2) is 10.1. The zero-order valence-corrected chi connectivity index (χ0v) is 22.8. The molecule has 0 atom stereocenters. The number of furan rings is 1. The molecule has 0 saturated carbocycles. The SMILES string of the molecule is c1ccc(-c2ccc(-c3ccccc3N(c3ccccc3)c3ccc4c(c3)oc3ccc5cccnc5c34)cc2)cc1. The molecule has 0 aliphatic heterocycles. The summed E-state index contributed by atoms with van der Waals surface area (Å²) in [7, 11) is 0. The zero-order valence-electron chi connectivity index (χ0n) is 22.8. The molecule has 0 amide bonds. The van der Waals surface area contributed by atoms with Gasteiger partial charge in [0.2, 0.25) is 0 Å². The first-order chi connectivity index (χ1) is 20.8. The van der Waals surface area contributed by atoms with E-state index < -0.39 is 0 Å². The molecular weight excluding hydrogens is 512 g/mol. The van der Waals surface area contributed by atoms with Crippen molar-refractivity contribution in [2.24, 2.45) is 0 Å². The Hall–Kier alpha value is -5.67. The summed E-state index contributed by atoms with van der Waals surface area (Å²) < 4.78 is 6.43. The Morgan fingerprint density at radius 3 is 2.05 bits per heavy atom. The topological polar surface area (TPSA) is 29.3 Å². The van der Waals surface area contributed by atoms with Gasteiger partial charge in [0.15, 0.2) is 0 Å². The lowest BCUT2D eigenvalue weighted by Crippen LogP contribution is -2.11. The average molecular weight is 539 g/mol. The van der Waals surface area contributed by atoms with Crippen molar-refractivity contribution in [2.75, 3.05) is 4.90 Å². The van der Waals surface area contributed by atoms with Crippen molar-refractivity contribution in [3.05, 3.63) is 158 Å². The van der Waals surface area contributed by atoms with Crippen LogP contribution < -0.4 is 4.90 Å². The van der Waals surface area contributed by atoms with Crippen LogP contribution in [0.5, 0.6) is 0 Å². The molecule has 0 aliphatic rings. The highest BCUT2D eigenvalue weighted by Gasteiger charge is 2.19. The fourth-order valence-electron chi connectivity index (χ4n) is 5.92. The highest BCUT2D eigenvalue weighted by molar-refractivity contribution is 6.17. The van der Waals surface area contributed by atoms with Crippen molar-refractivity contribution in [1.82, 2.24) is 4.98 Å². The van der Waals surface area contributed by atoms with Crippen molar-refractivity contribution in [1.29, 1.82) is 0 Å². The molecule has 6 aromatic carbocycles. The molecule has 3 heteroatoms. The van der Waals surface area contributed by atoms with Gasteiger partial charge in [-0.15, -0.1) is 0 Å². The Labute approximate surface area is 243 Å². The van der Waals surface area contributed by atoms with Crippen LogP contribution in [0.3, 0.4) is 0 Å². The highest BCUT2D eigenvalue weighted by atomic mass is 16.3. The molecule has 0 N–H and O–H groups in total. The lowest BCUT2D eigenvalue weighted by atomic mass is 9.98. The van der Waals surface area contributed by atoms with E-state index in [-0.39, 0.29) is 0 Å². The molecule has 0 aliphatic carbocycles. The van der Waals surface area contributed by atoms with Crippen LogP contribution in [0.15, 0.2) is 162 Å². The van der Waals surface area contributed by atoms with Gasteiger partial charge in [-0.05, 0) is 65.2 Å². The second-order valence-corrected chi connectivity index (χ2v) is 10.4. The van der Waals surface area contributed by atoms with E-state index in [9.17, 15) is 0 Å². The number of rotatable bonds is 5. The van der Waals surface area contributed by atoms with E-state index in [1.54, 1.807) is 0 Å².